The fraction of sp³-hybridized carbons (Fsp3) is 0.368. The Bertz CT molecular complexity index is 792. The van der Waals surface area contributed by atoms with E-state index in [0.717, 1.165) is 12.8 Å². The van der Waals surface area contributed by atoms with Crippen LogP contribution in [0.5, 0.6) is 0 Å². The van der Waals surface area contributed by atoms with Crippen molar-refractivity contribution in [3.8, 4) is 0 Å². The first kappa shape index (κ1) is 16.3. The first-order chi connectivity index (χ1) is 11.5. The maximum Gasteiger partial charge on any atom is 0.355 e. The van der Waals surface area contributed by atoms with E-state index in [9.17, 15) is 9.59 Å². The molecule has 1 aliphatic carbocycles. The highest BCUT2D eigenvalue weighted by Crippen LogP contribution is 2.31. The average molecular weight is 326 g/mol. The van der Waals surface area contributed by atoms with Gasteiger partial charge in [-0.2, -0.15) is 0 Å². The van der Waals surface area contributed by atoms with E-state index in [1.165, 1.54) is 11.1 Å². The minimum absolute atomic E-state index is 0.0217. The third-order valence-corrected chi connectivity index (χ3v) is 4.58. The Morgan fingerprint density at radius 1 is 1.29 bits per heavy atom. The van der Waals surface area contributed by atoms with E-state index in [-0.39, 0.29) is 11.9 Å². The molecule has 0 spiro atoms. The third-order valence-electron chi connectivity index (χ3n) is 4.58. The van der Waals surface area contributed by atoms with Gasteiger partial charge >= 0.3 is 5.97 Å². The molecule has 1 aliphatic rings. The van der Waals surface area contributed by atoms with Gasteiger partial charge in [0.25, 0.3) is 5.91 Å². The predicted molar refractivity (Wildman–Crippen MR) is 91.2 cm³/mol. The molecule has 0 fully saturated rings. The highest BCUT2D eigenvalue weighted by atomic mass is 16.5. The molecule has 5 nitrogen and oxygen atoms in total. The van der Waals surface area contributed by atoms with Gasteiger partial charge in [-0.1, -0.05) is 24.3 Å². The van der Waals surface area contributed by atoms with Crippen molar-refractivity contribution in [1.82, 2.24) is 10.3 Å². The number of aromatic nitrogens is 1. The molecule has 0 radical (unpaired) electrons. The lowest BCUT2D eigenvalue weighted by atomic mass is 10.1. The van der Waals surface area contributed by atoms with Crippen molar-refractivity contribution in [3.05, 3.63) is 57.9 Å². The zero-order chi connectivity index (χ0) is 17.3. The van der Waals surface area contributed by atoms with E-state index < -0.39 is 5.97 Å². The Morgan fingerprint density at radius 3 is 2.79 bits per heavy atom. The molecule has 0 aliphatic heterocycles. The number of carbonyl (C=O) groups excluding carboxylic acids is 2. The molecule has 126 valence electrons. The van der Waals surface area contributed by atoms with Gasteiger partial charge in [-0.05, 0) is 50.3 Å². The van der Waals surface area contributed by atoms with Crippen LogP contribution in [0, 0.1) is 13.8 Å². The van der Waals surface area contributed by atoms with Gasteiger partial charge in [-0.15, -0.1) is 0 Å². The van der Waals surface area contributed by atoms with Crippen LogP contribution in [-0.4, -0.2) is 23.5 Å². The fourth-order valence-corrected chi connectivity index (χ4v) is 3.44. The monoisotopic (exact) mass is 326 g/mol. The smallest absolute Gasteiger partial charge is 0.355 e. The molecule has 1 amide bonds. The largest absolute Gasteiger partial charge is 0.461 e. The molecule has 1 atom stereocenters. The third kappa shape index (κ3) is 2.82. The SMILES string of the molecule is CCOC(=O)c1[nH]c(C)c(C(=O)NC2CCc3ccccc32)c1C. The van der Waals surface area contributed by atoms with Crippen LogP contribution >= 0.6 is 0 Å². The summed E-state index contributed by atoms with van der Waals surface area (Å²) >= 11 is 0. The molecule has 2 N–H and O–H groups in total. The van der Waals surface area contributed by atoms with Crippen molar-refractivity contribution in [2.45, 2.75) is 39.7 Å². The number of esters is 1. The Balaban J connectivity index is 1.83. The molecule has 0 bridgehead atoms. The lowest BCUT2D eigenvalue weighted by Crippen LogP contribution is -2.28. The number of ether oxygens (including phenoxy) is 1. The molecule has 1 unspecified atom stereocenters. The number of fused-ring (bicyclic) bond motifs is 1. The second-order valence-electron chi connectivity index (χ2n) is 6.11. The Kier molecular flexibility index (Phi) is 4.42. The molecule has 24 heavy (non-hydrogen) atoms. The molecule has 3 rings (SSSR count). The highest BCUT2D eigenvalue weighted by molar-refractivity contribution is 6.01. The van der Waals surface area contributed by atoms with E-state index in [1.54, 1.807) is 20.8 Å². The van der Waals surface area contributed by atoms with Crippen LogP contribution in [0.4, 0.5) is 0 Å². The zero-order valence-corrected chi connectivity index (χ0v) is 14.2. The summed E-state index contributed by atoms with van der Waals surface area (Å²) in [6.45, 7) is 5.63. The predicted octanol–water partition coefficient (Wildman–Crippen LogP) is 3.23. The molecule has 1 aromatic heterocycles. The number of hydrogen-bond donors (Lipinski definition) is 2. The second-order valence-corrected chi connectivity index (χ2v) is 6.11. The summed E-state index contributed by atoms with van der Waals surface area (Å²) in [7, 11) is 0. The van der Waals surface area contributed by atoms with Gasteiger partial charge in [0, 0.05) is 5.69 Å². The zero-order valence-electron chi connectivity index (χ0n) is 14.2. The number of rotatable bonds is 4. The van der Waals surface area contributed by atoms with Crippen LogP contribution in [-0.2, 0) is 11.2 Å². The lowest BCUT2D eigenvalue weighted by molar-refractivity contribution is 0.0519. The standard InChI is InChI=1S/C19H22N2O3/c1-4-24-19(23)17-11(2)16(12(3)20-17)18(22)21-15-10-9-13-7-5-6-8-14(13)15/h5-8,15,20H,4,9-10H2,1-3H3,(H,21,22). The van der Waals surface area contributed by atoms with E-state index in [1.807, 2.05) is 12.1 Å². The van der Waals surface area contributed by atoms with Crippen LogP contribution in [0.1, 0.15) is 62.6 Å². The Hall–Kier alpha value is -2.56. The molecular formula is C19H22N2O3. The summed E-state index contributed by atoms with van der Waals surface area (Å²) < 4.78 is 5.03. The molecule has 5 heteroatoms. The Labute approximate surface area is 141 Å². The van der Waals surface area contributed by atoms with E-state index >= 15 is 0 Å². The number of amides is 1. The van der Waals surface area contributed by atoms with Crippen molar-refractivity contribution >= 4 is 11.9 Å². The number of H-pyrrole nitrogens is 1. The van der Waals surface area contributed by atoms with Gasteiger partial charge in [0.15, 0.2) is 0 Å². The van der Waals surface area contributed by atoms with Crippen molar-refractivity contribution < 1.29 is 14.3 Å². The minimum atomic E-state index is -0.427. The Morgan fingerprint density at radius 2 is 2.04 bits per heavy atom. The van der Waals surface area contributed by atoms with Gasteiger partial charge < -0.3 is 15.0 Å². The number of benzene rings is 1. The fourth-order valence-electron chi connectivity index (χ4n) is 3.44. The topological polar surface area (TPSA) is 71.2 Å². The van der Waals surface area contributed by atoms with Crippen LogP contribution in [0.15, 0.2) is 24.3 Å². The lowest BCUT2D eigenvalue weighted by Gasteiger charge is -2.14. The summed E-state index contributed by atoms with van der Waals surface area (Å²) in [6.07, 6.45) is 1.87. The maximum atomic E-state index is 12.8. The highest BCUT2D eigenvalue weighted by Gasteiger charge is 2.27. The molecular weight excluding hydrogens is 304 g/mol. The first-order valence-corrected chi connectivity index (χ1v) is 8.27. The molecule has 2 aromatic rings. The van der Waals surface area contributed by atoms with Crippen LogP contribution in [0.3, 0.4) is 0 Å². The van der Waals surface area contributed by atoms with Crippen molar-refractivity contribution in [3.63, 3.8) is 0 Å². The van der Waals surface area contributed by atoms with Gasteiger partial charge in [-0.25, -0.2) is 4.79 Å². The summed E-state index contributed by atoms with van der Waals surface area (Å²) in [4.78, 5) is 27.7. The van der Waals surface area contributed by atoms with Crippen LogP contribution < -0.4 is 5.32 Å². The quantitative estimate of drug-likeness (QED) is 0.847. The summed E-state index contributed by atoms with van der Waals surface area (Å²) in [5.74, 6) is -0.582. The van der Waals surface area contributed by atoms with Crippen molar-refractivity contribution in [2.75, 3.05) is 6.61 Å². The molecule has 1 aromatic carbocycles. The number of carbonyl (C=O) groups is 2. The number of nitrogens with one attached hydrogen (secondary N) is 2. The molecule has 0 saturated heterocycles. The summed E-state index contributed by atoms with van der Waals surface area (Å²) in [5.41, 5.74) is 4.67. The van der Waals surface area contributed by atoms with Gasteiger partial charge in [-0.3, -0.25) is 4.79 Å². The minimum Gasteiger partial charge on any atom is -0.461 e. The number of aromatic amines is 1. The van der Waals surface area contributed by atoms with Gasteiger partial charge in [0.2, 0.25) is 0 Å². The van der Waals surface area contributed by atoms with Crippen LogP contribution in [0.2, 0.25) is 0 Å². The normalized spacial score (nSPS) is 15.9. The summed E-state index contributed by atoms with van der Waals surface area (Å²) in [6, 6.07) is 8.21. The van der Waals surface area contributed by atoms with Crippen molar-refractivity contribution in [2.24, 2.45) is 0 Å². The molecule has 0 saturated carbocycles. The van der Waals surface area contributed by atoms with Gasteiger partial charge in [0.1, 0.15) is 5.69 Å². The van der Waals surface area contributed by atoms with Crippen molar-refractivity contribution in [1.29, 1.82) is 0 Å². The van der Waals surface area contributed by atoms with Crippen LogP contribution in [0.25, 0.3) is 0 Å². The van der Waals surface area contributed by atoms with E-state index in [0.29, 0.717) is 29.1 Å². The maximum absolute atomic E-state index is 12.8. The van der Waals surface area contributed by atoms with E-state index in [4.69, 9.17) is 4.74 Å². The second kappa shape index (κ2) is 6.51. The number of hydrogen-bond acceptors (Lipinski definition) is 3. The first-order valence-electron chi connectivity index (χ1n) is 8.27. The van der Waals surface area contributed by atoms with E-state index in [2.05, 4.69) is 22.4 Å². The molecule has 1 heterocycles. The number of aryl methyl sites for hydroxylation is 2. The summed E-state index contributed by atoms with van der Waals surface area (Å²) in [5, 5.41) is 3.11. The van der Waals surface area contributed by atoms with Gasteiger partial charge in [0.05, 0.1) is 18.2 Å². The average Bonchev–Trinajstić information content (AvgIpc) is 3.09.